The molecule has 0 fully saturated rings. The number of carbonyl (C=O) groups excluding carboxylic acids is 2. The largest absolute Gasteiger partial charge is 0.482 e. The Labute approximate surface area is 163 Å². The van der Waals surface area contributed by atoms with E-state index < -0.39 is 0 Å². The van der Waals surface area contributed by atoms with Crippen LogP contribution >= 0.6 is 23.2 Å². The maximum Gasteiger partial charge on any atom is 0.262 e. The molecule has 0 aliphatic rings. The number of benzene rings is 2. The van der Waals surface area contributed by atoms with E-state index in [1.54, 1.807) is 42.5 Å². The van der Waals surface area contributed by atoms with Gasteiger partial charge in [-0.15, -0.1) is 0 Å². The van der Waals surface area contributed by atoms with Gasteiger partial charge in [0.25, 0.3) is 5.91 Å². The topological polar surface area (TPSA) is 55.4 Å². The first-order chi connectivity index (χ1) is 12.3. The van der Waals surface area contributed by atoms with E-state index in [0.717, 1.165) is 6.42 Å². The third-order valence-corrected chi connectivity index (χ3v) is 4.20. The average Bonchev–Trinajstić information content (AvgIpc) is 2.59. The van der Waals surface area contributed by atoms with Crippen molar-refractivity contribution in [3.8, 4) is 5.75 Å². The Balaban J connectivity index is 1.92. The predicted octanol–water partition coefficient (Wildman–Crippen LogP) is 5.63. The highest BCUT2D eigenvalue weighted by Gasteiger charge is 2.10. The lowest BCUT2D eigenvalue weighted by Gasteiger charge is -2.10. The first-order valence-electron chi connectivity index (χ1n) is 8.36. The van der Waals surface area contributed by atoms with Crippen molar-refractivity contribution in [2.45, 2.75) is 26.7 Å². The van der Waals surface area contributed by atoms with Crippen LogP contribution in [0.2, 0.25) is 10.0 Å². The van der Waals surface area contributed by atoms with Crippen molar-refractivity contribution in [2.24, 2.45) is 5.92 Å². The number of halogens is 2. The quantitative estimate of drug-likeness (QED) is 0.591. The third-order valence-electron chi connectivity index (χ3n) is 3.67. The monoisotopic (exact) mass is 393 g/mol. The van der Waals surface area contributed by atoms with Gasteiger partial charge in [-0.3, -0.25) is 9.59 Å². The second kappa shape index (κ2) is 9.60. The molecule has 4 nitrogen and oxygen atoms in total. The molecule has 0 saturated heterocycles. The van der Waals surface area contributed by atoms with E-state index in [9.17, 15) is 9.59 Å². The van der Waals surface area contributed by atoms with Gasteiger partial charge in [0.15, 0.2) is 12.4 Å². The van der Waals surface area contributed by atoms with Gasteiger partial charge in [0, 0.05) is 22.7 Å². The number of hydrogen-bond donors (Lipinski definition) is 1. The highest BCUT2D eigenvalue weighted by molar-refractivity contribution is 6.35. The average molecular weight is 394 g/mol. The molecule has 26 heavy (non-hydrogen) atoms. The predicted molar refractivity (Wildman–Crippen MR) is 105 cm³/mol. The van der Waals surface area contributed by atoms with Crippen molar-refractivity contribution in [1.29, 1.82) is 0 Å². The summed E-state index contributed by atoms with van der Waals surface area (Å²) < 4.78 is 5.40. The Kier molecular flexibility index (Phi) is 7.49. The van der Waals surface area contributed by atoms with Crippen LogP contribution in [0.15, 0.2) is 42.5 Å². The summed E-state index contributed by atoms with van der Waals surface area (Å²) in [6.07, 6.45) is 1.33. The number of ether oxygens (including phenoxy) is 1. The van der Waals surface area contributed by atoms with Gasteiger partial charge in [-0.05, 0) is 42.7 Å². The molecule has 2 aromatic rings. The second-order valence-corrected chi connectivity index (χ2v) is 7.19. The van der Waals surface area contributed by atoms with Crippen molar-refractivity contribution in [3.05, 3.63) is 58.1 Å². The van der Waals surface area contributed by atoms with Crippen LogP contribution in [0.5, 0.6) is 5.75 Å². The smallest absolute Gasteiger partial charge is 0.262 e. The zero-order chi connectivity index (χ0) is 19.1. The molecule has 0 aliphatic carbocycles. The summed E-state index contributed by atoms with van der Waals surface area (Å²) in [7, 11) is 0. The SMILES string of the molecule is CC(C)CCC(=O)c1cccc(NC(=O)COc2ccc(Cl)cc2Cl)c1. The van der Waals surface area contributed by atoms with Crippen molar-refractivity contribution in [2.75, 3.05) is 11.9 Å². The molecule has 1 amide bonds. The first kappa shape index (κ1) is 20.3. The van der Waals surface area contributed by atoms with Crippen LogP contribution in [-0.2, 0) is 4.79 Å². The van der Waals surface area contributed by atoms with Crippen LogP contribution in [0.1, 0.15) is 37.0 Å². The third kappa shape index (κ3) is 6.36. The molecule has 0 aliphatic heterocycles. The van der Waals surface area contributed by atoms with E-state index in [1.807, 2.05) is 0 Å². The number of ketones is 1. The summed E-state index contributed by atoms with van der Waals surface area (Å²) in [5.74, 6) is 0.573. The molecule has 0 radical (unpaired) electrons. The molecule has 6 heteroatoms. The van der Waals surface area contributed by atoms with Gasteiger partial charge >= 0.3 is 0 Å². The van der Waals surface area contributed by atoms with Crippen molar-refractivity contribution >= 4 is 40.6 Å². The normalized spacial score (nSPS) is 10.7. The molecule has 138 valence electrons. The number of Topliss-reactive ketones (excluding diaryl/α,β-unsaturated/α-hetero) is 1. The number of amides is 1. The van der Waals surface area contributed by atoms with E-state index >= 15 is 0 Å². The lowest BCUT2D eigenvalue weighted by Crippen LogP contribution is -2.20. The molecular formula is C20H21Cl2NO3. The fourth-order valence-corrected chi connectivity index (χ4v) is 2.73. The Morgan fingerprint density at radius 1 is 1.12 bits per heavy atom. The molecule has 0 atom stereocenters. The van der Waals surface area contributed by atoms with Crippen LogP contribution in [0.25, 0.3) is 0 Å². The summed E-state index contributed by atoms with van der Waals surface area (Å²) in [6.45, 7) is 3.96. The van der Waals surface area contributed by atoms with E-state index in [0.29, 0.717) is 39.4 Å². The zero-order valence-electron chi connectivity index (χ0n) is 14.7. The fraction of sp³-hybridized carbons (Fsp3) is 0.300. The summed E-state index contributed by atoms with van der Waals surface area (Å²) in [5, 5.41) is 3.55. The van der Waals surface area contributed by atoms with Gasteiger partial charge in [0.1, 0.15) is 5.75 Å². The van der Waals surface area contributed by atoms with E-state index in [2.05, 4.69) is 19.2 Å². The molecule has 2 aromatic carbocycles. The van der Waals surface area contributed by atoms with E-state index in [1.165, 1.54) is 0 Å². The molecule has 2 rings (SSSR count). The van der Waals surface area contributed by atoms with Gasteiger partial charge in [-0.25, -0.2) is 0 Å². The molecule has 0 saturated carbocycles. The Morgan fingerprint density at radius 3 is 2.58 bits per heavy atom. The van der Waals surface area contributed by atoms with Gasteiger partial charge in [0.05, 0.1) is 5.02 Å². The van der Waals surface area contributed by atoms with Crippen LogP contribution in [0.4, 0.5) is 5.69 Å². The molecule has 0 bridgehead atoms. The van der Waals surface area contributed by atoms with Crippen LogP contribution in [0, 0.1) is 5.92 Å². The lowest BCUT2D eigenvalue weighted by molar-refractivity contribution is -0.118. The van der Waals surface area contributed by atoms with Crippen LogP contribution in [-0.4, -0.2) is 18.3 Å². The Morgan fingerprint density at radius 2 is 1.88 bits per heavy atom. The first-order valence-corrected chi connectivity index (χ1v) is 9.11. The number of anilines is 1. The molecule has 0 heterocycles. The lowest BCUT2D eigenvalue weighted by atomic mass is 10.0. The number of hydrogen-bond acceptors (Lipinski definition) is 3. The van der Waals surface area contributed by atoms with Crippen LogP contribution in [0.3, 0.4) is 0 Å². The molecule has 0 aromatic heterocycles. The van der Waals surface area contributed by atoms with Gasteiger partial charge < -0.3 is 10.1 Å². The maximum atomic E-state index is 12.2. The molecule has 0 spiro atoms. The van der Waals surface area contributed by atoms with Crippen molar-refractivity contribution in [3.63, 3.8) is 0 Å². The highest BCUT2D eigenvalue weighted by Crippen LogP contribution is 2.27. The molecular weight excluding hydrogens is 373 g/mol. The summed E-state index contributed by atoms with van der Waals surface area (Å²) >= 11 is 11.8. The van der Waals surface area contributed by atoms with Gasteiger partial charge in [-0.1, -0.05) is 49.2 Å². The van der Waals surface area contributed by atoms with E-state index in [4.69, 9.17) is 27.9 Å². The van der Waals surface area contributed by atoms with Crippen LogP contribution < -0.4 is 10.1 Å². The van der Waals surface area contributed by atoms with Crippen molar-refractivity contribution in [1.82, 2.24) is 0 Å². The highest BCUT2D eigenvalue weighted by atomic mass is 35.5. The minimum atomic E-state index is -0.345. The molecule has 1 N–H and O–H groups in total. The second-order valence-electron chi connectivity index (χ2n) is 6.35. The Hall–Kier alpha value is -2.04. The minimum Gasteiger partial charge on any atom is -0.482 e. The number of rotatable bonds is 8. The fourth-order valence-electron chi connectivity index (χ4n) is 2.27. The summed E-state index contributed by atoms with van der Waals surface area (Å²) in [6, 6.07) is 11.7. The summed E-state index contributed by atoms with van der Waals surface area (Å²) in [5.41, 5.74) is 1.14. The van der Waals surface area contributed by atoms with Gasteiger partial charge in [-0.2, -0.15) is 0 Å². The maximum absolute atomic E-state index is 12.2. The minimum absolute atomic E-state index is 0.0685. The molecule has 0 unspecified atom stereocenters. The van der Waals surface area contributed by atoms with Gasteiger partial charge in [0.2, 0.25) is 0 Å². The zero-order valence-corrected chi connectivity index (χ0v) is 16.2. The number of carbonyl (C=O) groups is 2. The van der Waals surface area contributed by atoms with E-state index in [-0.39, 0.29) is 18.3 Å². The Bertz CT molecular complexity index is 790. The number of nitrogens with one attached hydrogen (secondary N) is 1. The van der Waals surface area contributed by atoms with Crippen molar-refractivity contribution < 1.29 is 14.3 Å². The summed E-state index contributed by atoms with van der Waals surface area (Å²) in [4.78, 5) is 24.3. The standard InChI is InChI=1S/C20H21Cl2NO3/c1-13(2)6-8-18(24)14-4-3-5-16(10-14)23-20(25)12-26-19-9-7-15(21)11-17(19)22/h3-5,7,9-11,13H,6,8,12H2,1-2H3,(H,23,25).